The van der Waals surface area contributed by atoms with Gasteiger partial charge in [0, 0.05) is 25.4 Å². The molecule has 118 valence electrons. The number of hydrogen-bond donors (Lipinski definition) is 0. The molecule has 0 N–H and O–H groups in total. The maximum atomic E-state index is 12.1. The van der Waals surface area contributed by atoms with Gasteiger partial charge >= 0.3 is 0 Å². The van der Waals surface area contributed by atoms with E-state index in [1.54, 1.807) is 25.2 Å². The monoisotopic (exact) mass is 315 g/mol. The molecule has 1 rings (SSSR count). The lowest BCUT2D eigenvalue weighted by Gasteiger charge is -2.22. The first-order chi connectivity index (χ1) is 9.72. The van der Waals surface area contributed by atoms with Crippen LogP contribution in [0.5, 0.6) is 11.5 Å². The number of sulfone groups is 1. The van der Waals surface area contributed by atoms with Crippen molar-refractivity contribution in [2.24, 2.45) is 0 Å². The molecule has 0 bridgehead atoms. The summed E-state index contributed by atoms with van der Waals surface area (Å²) in [7, 11) is 1.19. The van der Waals surface area contributed by atoms with Gasteiger partial charge in [-0.05, 0) is 13.0 Å². The molecule has 0 radical (unpaired) electrons. The molecule has 0 heterocycles. The second-order valence-electron chi connectivity index (χ2n) is 4.82. The summed E-state index contributed by atoms with van der Waals surface area (Å²) in [4.78, 5) is 13.5. The summed E-state index contributed by atoms with van der Waals surface area (Å²) in [5, 5.41) is -1.07. The summed E-state index contributed by atoms with van der Waals surface area (Å²) in [6.45, 7) is 1.62. The highest BCUT2D eigenvalue weighted by atomic mass is 32.2. The highest BCUT2D eigenvalue weighted by Crippen LogP contribution is 2.31. The predicted octanol–water partition coefficient (Wildman–Crippen LogP) is 1.10. The highest BCUT2D eigenvalue weighted by molar-refractivity contribution is 7.92. The molecular formula is C14H21NO5S. The molecule has 21 heavy (non-hydrogen) atoms. The van der Waals surface area contributed by atoms with E-state index in [9.17, 15) is 13.2 Å². The quantitative estimate of drug-likeness (QED) is 0.786. The van der Waals surface area contributed by atoms with Crippen LogP contribution in [-0.4, -0.2) is 52.0 Å². The Labute approximate surface area is 125 Å². The van der Waals surface area contributed by atoms with Crippen LogP contribution in [0.4, 0.5) is 0 Å². The third kappa shape index (κ3) is 4.10. The van der Waals surface area contributed by atoms with Crippen molar-refractivity contribution >= 4 is 15.7 Å². The first-order valence-corrected chi connectivity index (χ1v) is 8.31. The number of ether oxygens (including phenoxy) is 2. The number of hydrogen-bond acceptors (Lipinski definition) is 5. The molecule has 0 saturated carbocycles. The molecule has 1 aromatic carbocycles. The van der Waals surface area contributed by atoms with E-state index in [0.717, 1.165) is 11.8 Å². The average Bonchev–Trinajstić information content (AvgIpc) is 2.44. The third-order valence-electron chi connectivity index (χ3n) is 3.26. The van der Waals surface area contributed by atoms with E-state index in [-0.39, 0.29) is 6.54 Å². The van der Waals surface area contributed by atoms with Crippen LogP contribution >= 0.6 is 0 Å². The van der Waals surface area contributed by atoms with E-state index >= 15 is 0 Å². The fourth-order valence-electron chi connectivity index (χ4n) is 1.91. The van der Waals surface area contributed by atoms with Gasteiger partial charge in [-0.2, -0.15) is 0 Å². The SMILES string of the molecule is COc1cccc(CN(C)C(=O)[C@@H](C)S(C)(=O)=O)c1OC. The second-order valence-corrected chi connectivity index (χ2v) is 7.18. The van der Waals surface area contributed by atoms with Crippen molar-refractivity contribution in [3.05, 3.63) is 23.8 Å². The van der Waals surface area contributed by atoms with Gasteiger partial charge in [-0.25, -0.2) is 8.42 Å². The summed E-state index contributed by atoms with van der Waals surface area (Å²) in [5.74, 6) is 0.640. The van der Waals surface area contributed by atoms with E-state index in [1.807, 2.05) is 0 Å². The molecule has 6 nitrogen and oxygen atoms in total. The summed E-state index contributed by atoms with van der Waals surface area (Å²) in [6, 6.07) is 5.34. The van der Waals surface area contributed by atoms with E-state index in [4.69, 9.17) is 9.47 Å². The maximum Gasteiger partial charge on any atom is 0.240 e. The van der Waals surface area contributed by atoms with Gasteiger partial charge in [0.05, 0.1) is 14.2 Å². The normalized spacial score (nSPS) is 12.6. The van der Waals surface area contributed by atoms with Crippen molar-refractivity contribution in [3.8, 4) is 11.5 Å². The maximum absolute atomic E-state index is 12.1. The minimum atomic E-state index is -3.42. The lowest BCUT2D eigenvalue weighted by Crippen LogP contribution is -2.38. The van der Waals surface area contributed by atoms with Crippen molar-refractivity contribution < 1.29 is 22.7 Å². The number of methoxy groups -OCH3 is 2. The Balaban J connectivity index is 2.99. The van der Waals surface area contributed by atoms with E-state index in [1.165, 1.54) is 26.0 Å². The summed E-state index contributed by atoms with van der Waals surface area (Å²) in [6.07, 6.45) is 1.05. The Morgan fingerprint density at radius 2 is 1.90 bits per heavy atom. The summed E-state index contributed by atoms with van der Waals surface area (Å²) >= 11 is 0. The first-order valence-electron chi connectivity index (χ1n) is 6.36. The van der Waals surface area contributed by atoms with Gasteiger partial charge in [0.25, 0.3) is 0 Å². The van der Waals surface area contributed by atoms with Crippen LogP contribution in [0.25, 0.3) is 0 Å². The molecule has 0 spiro atoms. The molecule has 0 aromatic heterocycles. The lowest BCUT2D eigenvalue weighted by atomic mass is 10.1. The van der Waals surface area contributed by atoms with Crippen molar-refractivity contribution in [3.63, 3.8) is 0 Å². The average molecular weight is 315 g/mol. The van der Waals surface area contributed by atoms with Gasteiger partial charge in [0.1, 0.15) is 5.25 Å². The van der Waals surface area contributed by atoms with Gasteiger partial charge in [-0.1, -0.05) is 12.1 Å². The number of amides is 1. The van der Waals surface area contributed by atoms with Crippen LogP contribution in [0.3, 0.4) is 0 Å². The predicted molar refractivity (Wildman–Crippen MR) is 80.3 cm³/mol. The molecule has 0 aliphatic carbocycles. The number of para-hydroxylation sites is 1. The van der Waals surface area contributed by atoms with Crippen molar-refractivity contribution in [2.45, 2.75) is 18.7 Å². The zero-order valence-corrected chi connectivity index (χ0v) is 13.7. The molecule has 0 fully saturated rings. The second kappa shape index (κ2) is 6.80. The van der Waals surface area contributed by atoms with Gasteiger partial charge in [-0.3, -0.25) is 4.79 Å². The Hall–Kier alpha value is -1.76. The minimum absolute atomic E-state index is 0.235. The third-order valence-corrected chi connectivity index (χ3v) is 4.74. The highest BCUT2D eigenvalue weighted by Gasteiger charge is 2.27. The lowest BCUT2D eigenvalue weighted by molar-refractivity contribution is -0.129. The minimum Gasteiger partial charge on any atom is -0.493 e. The largest absolute Gasteiger partial charge is 0.493 e. The van der Waals surface area contributed by atoms with Crippen molar-refractivity contribution in [2.75, 3.05) is 27.5 Å². The molecule has 0 aliphatic rings. The molecule has 0 aliphatic heterocycles. The van der Waals surface area contributed by atoms with Crippen LogP contribution in [0.2, 0.25) is 0 Å². The molecule has 0 unspecified atom stereocenters. The fourth-order valence-corrected chi connectivity index (χ4v) is 2.45. The van der Waals surface area contributed by atoms with Crippen molar-refractivity contribution in [1.82, 2.24) is 4.90 Å². The topological polar surface area (TPSA) is 72.9 Å². The van der Waals surface area contributed by atoms with E-state index < -0.39 is 21.0 Å². The Morgan fingerprint density at radius 3 is 2.38 bits per heavy atom. The zero-order valence-electron chi connectivity index (χ0n) is 12.9. The fraction of sp³-hybridized carbons (Fsp3) is 0.500. The Kier molecular flexibility index (Phi) is 5.60. The van der Waals surface area contributed by atoms with E-state index in [2.05, 4.69) is 0 Å². The molecule has 1 amide bonds. The number of benzene rings is 1. The van der Waals surface area contributed by atoms with E-state index in [0.29, 0.717) is 11.5 Å². The zero-order chi connectivity index (χ0) is 16.2. The Bertz CT molecular complexity index is 612. The van der Waals surface area contributed by atoms with Crippen LogP contribution in [0.1, 0.15) is 12.5 Å². The number of carbonyl (C=O) groups is 1. The van der Waals surface area contributed by atoms with Crippen molar-refractivity contribution in [1.29, 1.82) is 0 Å². The molecule has 1 atom stereocenters. The smallest absolute Gasteiger partial charge is 0.240 e. The Morgan fingerprint density at radius 1 is 1.29 bits per heavy atom. The van der Waals surface area contributed by atoms with Crippen LogP contribution < -0.4 is 9.47 Å². The summed E-state index contributed by atoms with van der Waals surface area (Å²) < 4.78 is 33.4. The molecular weight excluding hydrogens is 294 g/mol. The number of carbonyl (C=O) groups excluding carboxylic acids is 1. The van der Waals surface area contributed by atoms with Crippen LogP contribution in [0.15, 0.2) is 18.2 Å². The van der Waals surface area contributed by atoms with Gasteiger partial charge in [-0.15, -0.1) is 0 Å². The molecule has 1 aromatic rings. The van der Waals surface area contributed by atoms with Crippen LogP contribution in [-0.2, 0) is 21.2 Å². The van der Waals surface area contributed by atoms with Crippen LogP contribution in [0, 0.1) is 0 Å². The standard InChI is InChI=1S/C14H21NO5S/c1-10(21(5,17)18)14(16)15(2)9-11-7-6-8-12(19-3)13(11)20-4/h6-8,10H,9H2,1-5H3/t10-/m1/s1. The first kappa shape index (κ1) is 17.3. The summed E-state index contributed by atoms with van der Waals surface area (Å²) in [5.41, 5.74) is 0.744. The number of rotatable bonds is 6. The van der Waals surface area contributed by atoms with Gasteiger partial charge < -0.3 is 14.4 Å². The molecule has 0 saturated heterocycles. The molecule has 7 heteroatoms. The van der Waals surface area contributed by atoms with Gasteiger partial charge in [0.15, 0.2) is 21.3 Å². The number of nitrogens with zero attached hydrogens (tertiary/aromatic N) is 1. The van der Waals surface area contributed by atoms with Gasteiger partial charge in [0.2, 0.25) is 5.91 Å².